The number of carbonyl (C=O) groups excluding carboxylic acids is 3. The van der Waals surface area contributed by atoms with Crippen molar-refractivity contribution in [3.05, 3.63) is 110 Å². The Labute approximate surface area is 438 Å². The van der Waals surface area contributed by atoms with Crippen LogP contribution in [0.3, 0.4) is 0 Å². The summed E-state index contributed by atoms with van der Waals surface area (Å²) >= 11 is 0. The van der Waals surface area contributed by atoms with Gasteiger partial charge in [-0.25, -0.2) is 53.6 Å². The normalized spacial score (nSPS) is 11.6. The van der Waals surface area contributed by atoms with Crippen molar-refractivity contribution in [1.29, 1.82) is 0 Å². The number of H-pyrrole nitrogens is 3. The molecule has 75 heavy (non-hydrogen) atoms. The van der Waals surface area contributed by atoms with Crippen LogP contribution in [-0.2, 0) is 14.4 Å². The van der Waals surface area contributed by atoms with E-state index in [1.807, 2.05) is 90.3 Å². The Balaban J connectivity index is 0.000000398. The van der Waals surface area contributed by atoms with Crippen LogP contribution in [0.25, 0.3) is 67.3 Å². The number of alkyl halides is 2. The number of fused-ring (bicyclic) bond motifs is 3. The summed E-state index contributed by atoms with van der Waals surface area (Å²) in [4.78, 5) is 87.0. The number of aromatic nitrogens is 12. The zero-order valence-electron chi connectivity index (χ0n) is 43.0. The van der Waals surface area contributed by atoms with Gasteiger partial charge in [0.2, 0.25) is 17.7 Å². The average Bonchev–Trinajstić information content (AvgIpc) is 4.17. The monoisotopic (exact) mass is 1030 g/mol. The van der Waals surface area contributed by atoms with E-state index in [4.69, 9.17) is 0 Å². The molecule has 0 fully saturated rings. The van der Waals surface area contributed by atoms with Gasteiger partial charge < -0.3 is 46.4 Å². The molecule has 400 valence electrons. The van der Waals surface area contributed by atoms with E-state index in [2.05, 4.69) is 86.4 Å². The van der Waals surface area contributed by atoms with E-state index in [0.717, 1.165) is 49.8 Å². The van der Waals surface area contributed by atoms with Crippen molar-refractivity contribution in [3.8, 4) is 34.2 Å². The Bertz CT molecular complexity index is 3430. The molecule has 0 aromatic carbocycles. The highest BCUT2D eigenvalue weighted by molar-refractivity contribution is 5.94. The fraction of sp³-hybridized carbons (Fsp3) is 0.308. The summed E-state index contributed by atoms with van der Waals surface area (Å²) in [5.41, 5.74) is 2.16. The minimum atomic E-state index is -2.60. The van der Waals surface area contributed by atoms with Crippen molar-refractivity contribution in [2.75, 3.05) is 42.6 Å². The smallest absolute Gasteiger partial charge is 0.255 e. The number of halogens is 2. The second-order valence-electron chi connectivity index (χ2n) is 18.6. The molecule has 8 N–H and O–H groups in total. The van der Waals surface area contributed by atoms with Crippen LogP contribution in [0.1, 0.15) is 62.5 Å². The Morgan fingerprint density at radius 2 is 0.907 bits per heavy atom. The van der Waals surface area contributed by atoms with Gasteiger partial charge in [-0.2, -0.15) is 0 Å². The Morgan fingerprint density at radius 1 is 0.547 bits per heavy atom. The number of hydrogen-bond donors (Lipinski definition) is 8. The lowest BCUT2D eigenvalue weighted by atomic mass is 10.0. The molecular weight excluding hydrogens is 963 g/mol. The van der Waals surface area contributed by atoms with Crippen molar-refractivity contribution in [1.82, 2.24) is 75.3 Å². The van der Waals surface area contributed by atoms with E-state index in [9.17, 15) is 23.2 Å². The summed E-state index contributed by atoms with van der Waals surface area (Å²) in [7, 11) is 1.79. The van der Waals surface area contributed by atoms with Gasteiger partial charge in [0.05, 0.1) is 6.54 Å². The molecule has 0 bridgehead atoms. The molecule has 0 aliphatic carbocycles. The molecule has 0 unspecified atom stereocenters. The van der Waals surface area contributed by atoms with Gasteiger partial charge in [0.25, 0.3) is 6.43 Å². The molecule has 21 nitrogen and oxygen atoms in total. The molecule has 0 aliphatic rings. The highest BCUT2D eigenvalue weighted by Crippen LogP contribution is 2.29. The maximum Gasteiger partial charge on any atom is 0.255 e. The predicted octanol–water partition coefficient (Wildman–Crippen LogP) is 8.86. The number of anilines is 3. The largest absolute Gasteiger partial charge is 0.356 e. The molecule has 3 amide bonds. The van der Waals surface area contributed by atoms with E-state index in [-0.39, 0.29) is 18.9 Å². The summed E-state index contributed by atoms with van der Waals surface area (Å²) < 4.78 is 24.6. The topological polar surface area (TPSA) is 278 Å². The van der Waals surface area contributed by atoms with E-state index < -0.39 is 35.5 Å². The summed E-state index contributed by atoms with van der Waals surface area (Å²) in [6, 6.07) is 16.5. The van der Waals surface area contributed by atoms with Crippen molar-refractivity contribution in [2.24, 2.45) is 0 Å². The van der Waals surface area contributed by atoms with Crippen molar-refractivity contribution >= 4 is 68.3 Å². The highest BCUT2D eigenvalue weighted by Gasteiger charge is 2.31. The second-order valence-corrected chi connectivity index (χ2v) is 18.6. The van der Waals surface area contributed by atoms with Crippen LogP contribution in [0.5, 0.6) is 0 Å². The van der Waals surface area contributed by atoms with Crippen LogP contribution < -0.4 is 26.6 Å². The first kappa shape index (κ1) is 53.8. The zero-order chi connectivity index (χ0) is 53.9. The molecule has 9 aromatic heterocycles. The molecule has 0 radical (unpaired) electrons. The average molecular weight is 1030 g/mol. The number of pyridine rings is 3. The lowest BCUT2D eigenvalue weighted by Gasteiger charge is -2.30. The van der Waals surface area contributed by atoms with Crippen LogP contribution in [-0.4, -0.2) is 132 Å². The van der Waals surface area contributed by atoms with Crippen LogP contribution in [0, 0.1) is 0 Å². The SMILES string of the molecule is CC(C)(Nc1ccnc(-c2c[nH]c3ncccc23)n1)C(=O)NCC(F)F.CCN(C)C(=O)C(C)(C)Nc1ccnc(-c2c[nH]c3ncccc23)n1.CCNC(=O)C(C)(C)Nc1ccnc(-c2c[nH]c3ncccc23)n1.[HH].[HH].[HH].[HH].[HH]. The molecule has 9 aromatic rings. The number of likely N-dealkylation sites (N-methyl/N-ethyl adjacent to an activating group) is 2. The molecule has 0 spiro atoms. The zero-order valence-corrected chi connectivity index (χ0v) is 43.0. The molecule has 0 saturated heterocycles. The number of nitrogens with one attached hydrogen (secondary N) is 8. The highest BCUT2D eigenvalue weighted by atomic mass is 19.3. The van der Waals surface area contributed by atoms with Gasteiger partial charge in [0, 0.05) is 116 Å². The maximum absolute atomic E-state index is 12.5. The van der Waals surface area contributed by atoms with E-state index >= 15 is 0 Å². The van der Waals surface area contributed by atoms with Crippen molar-refractivity contribution in [3.63, 3.8) is 0 Å². The molecular formula is C52H70F2N18O3. The predicted molar refractivity (Wildman–Crippen MR) is 296 cm³/mol. The van der Waals surface area contributed by atoms with Crippen LogP contribution >= 0.6 is 0 Å². The summed E-state index contributed by atoms with van der Waals surface area (Å²) in [6.07, 6.45) is 12.9. The van der Waals surface area contributed by atoms with E-state index in [1.54, 1.807) is 87.4 Å². The number of hydrogen-bond acceptors (Lipinski definition) is 15. The van der Waals surface area contributed by atoms with Gasteiger partial charge in [-0.15, -0.1) is 0 Å². The summed E-state index contributed by atoms with van der Waals surface area (Å²) in [6.45, 7) is 14.9. The minimum absolute atomic E-state index is 0. The lowest BCUT2D eigenvalue weighted by Crippen LogP contribution is -2.49. The first-order valence-corrected chi connectivity index (χ1v) is 24.0. The molecule has 0 aliphatic heterocycles. The summed E-state index contributed by atoms with van der Waals surface area (Å²) in [5, 5.41) is 17.1. The fourth-order valence-corrected chi connectivity index (χ4v) is 7.62. The Morgan fingerprint density at radius 3 is 1.25 bits per heavy atom. The minimum Gasteiger partial charge on any atom is -0.356 e. The van der Waals surface area contributed by atoms with Crippen LogP contribution in [0.15, 0.2) is 110 Å². The fourth-order valence-electron chi connectivity index (χ4n) is 7.62. The first-order valence-electron chi connectivity index (χ1n) is 24.0. The van der Waals surface area contributed by atoms with E-state index in [0.29, 0.717) is 48.0 Å². The van der Waals surface area contributed by atoms with Gasteiger partial charge in [-0.05, 0) is 110 Å². The number of amides is 3. The quantitative estimate of drug-likeness (QED) is 0.0449. The molecule has 23 heteroatoms. The third-order valence-electron chi connectivity index (χ3n) is 11.6. The number of carbonyl (C=O) groups is 3. The Kier molecular flexibility index (Phi) is 16.7. The van der Waals surface area contributed by atoms with Crippen LogP contribution in [0.4, 0.5) is 26.2 Å². The van der Waals surface area contributed by atoms with Gasteiger partial charge in [0.1, 0.15) is 51.0 Å². The maximum atomic E-state index is 12.5. The third-order valence-corrected chi connectivity index (χ3v) is 11.6. The van der Waals surface area contributed by atoms with E-state index in [1.165, 1.54) is 0 Å². The lowest BCUT2D eigenvalue weighted by molar-refractivity contribution is -0.133. The standard InChI is InChI=1S/C18H22N6O.C17H18F2N6O.C17H20N6O.5H2/c1-5-24(4)17(25)18(2,3)23-14-8-10-20-16(22-14)13-11-21-15-12(13)7-6-9-19-15;1-17(2,16(26)23-9-12(18)19)25-13-5-7-21-15(24-13)11-8-22-14-10(11)4-3-6-20-14;1-4-18-16(24)17(2,3)23-13-7-9-20-15(22-13)12-10-21-14-11(12)6-5-8-19-14;;;;;/h6-11H,5H2,1-4H3,(H,19,21)(H,20,22,23);3-8,12H,9H2,1-2H3,(H,20,22)(H,23,26)(H,21,24,25);5-10H,4H2,1-3H3,(H,18,24)(H,19,21)(H,20,22,23);5*1H. The Hall–Kier alpha value is -9.02. The van der Waals surface area contributed by atoms with Gasteiger partial charge in [-0.1, -0.05) is 0 Å². The second kappa shape index (κ2) is 23.2. The van der Waals surface area contributed by atoms with Crippen molar-refractivity contribution < 1.29 is 30.3 Å². The third kappa shape index (κ3) is 13.2. The van der Waals surface area contributed by atoms with Gasteiger partial charge >= 0.3 is 0 Å². The molecule has 0 saturated carbocycles. The molecule has 9 heterocycles. The molecule has 0 atom stereocenters. The number of rotatable bonds is 16. The van der Waals surface area contributed by atoms with Gasteiger partial charge in [-0.3, -0.25) is 14.4 Å². The number of nitrogens with zero attached hydrogens (tertiary/aromatic N) is 10. The first-order chi connectivity index (χ1) is 35.8. The van der Waals surface area contributed by atoms with Crippen LogP contribution in [0.2, 0.25) is 0 Å². The molecule has 9 rings (SSSR count). The number of aromatic amines is 3. The van der Waals surface area contributed by atoms with Gasteiger partial charge in [0.15, 0.2) is 17.5 Å². The summed E-state index contributed by atoms with van der Waals surface area (Å²) in [5.74, 6) is 2.59. The van der Waals surface area contributed by atoms with Crippen molar-refractivity contribution in [2.45, 2.75) is 78.4 Å².